The summed E-state index contributed by atoms with van der Waals surface area (Å²) in [6.07, 6.45) is -1.41. The number of amides is 15. The van der Waals surface area contributed by atoms with Gasteiger partial charge in [-0.2, -0.15) is 0 Å². The van der Waals surface area contributed by atoms with E-state index in [1.807, 2.05) is 0 Å². The molecule has 0 aliphatic carbocycles. The van der Waals surface area contributed by atoms with Gasteiger partial charge in [0, 0.05) is 56.9 Å². The van der Waals surface area contributed by atoms with E-state index in [9.17, 15) is 72.9 Å². The second kappa shape index (κ2) is 42.0. The van der Waals surface area contributed by atoms with E-state index in [1.54, 1.807) is 58.0 Å². The lowest BCUT2D eigenvalue weighted by Crippen LogP contribution is -2.62. The monoisotopic (exact) mass is 1570 g/mol. The molecule has 2 aromatic rings. The highest BCUT2D eigenvalue weighted by Crippen LogP contribution is 2.29. The third-order valence-electron chi connectivity index (χ3n) is 20.0. The number of aliphatic hydroxyl groups excluding tert-OH is 1. The summed E-state index contributed by atoms with van der Waals surface area (Å²) in [5.41, 5.74) is 17.6. The number of fused-ring (bicyclic) bond motifs is 8. The number of hydrogen-bond donors (Lipinski definition) is 17. The Kier molecular flexibility index (Phi) is 33.2. The Bertz CT molecular complexity index is 3710. The molecule has 15 amide bonds. The van der Waals surface area contributed by atoms with Crippen LogP contribution in [0.4, 0.5) is 0 Å². The smallest absolute Gasteiger partial charge is 0.305 e. The van der Waals surface area contributed by atoms with Crippen LogP contribution in [0.1, 0.15) is 122 Å². The first kappa shape index (κ1) is 86.9. The van der Waals surface area contributed by atoms with E-state index in [-0.39, 0.29) is 89.3 Å². The van der Waals surface area contributed by atoms with E-state index in [4.69, 9.17) is 17.2 Å². The summed E-state index contributed by atoms with van der Waals surface area (Å²) in [7, 11) is 1.66. The van der Waals surface area contributed by atoms with Crippen molar-refractivity contribution in [2.45, 2.75) is 203 Å². The molecular formula is C71H102N18O19S2. The molecular weight excluding hydrogens is 1470 g/mol. The topological polar surface area (TPSA) is 566 Å². The third kappa shape index (κ3) is 24.9. The second-order valence-electron chi connectivity index (χ2n) is 27.9. The molecule has 2 aromatic carbocycles. The molecule has 5 saturated heterocycles. The van der Waals surface area contributed by atoms with Gasteiger partial charge in [-0.15, -0.1) is 0 Å². The number of aliphatic imine (C=N–C) groups is 1. The van der Waals surface area contributed by atoms with Gasteiger partial charge >= 0.3 is 5.97 Å². The molecule has 5 fully saturated rings. The van der Waals surface area contributed by atoms with Crippen molar-refractivity contribution in [2.24, 2.45) is 34.0 Å². The second-order valence-corrected chi connectivity index (χ2v) is 30.5. The van der Waals surface area contributed by atoms with Crippen LogP contribution in [0, 0.1) is 11.8 Å². The molecule has 0 spiro atoms. The van der Waals surface area contributed by atoms with Crippen molar-refractivity contribution in [1.29, 1.82) is 0 Å². The molecule has 5 aliphatic rings. The van der Waals surface area contributed by atoms with Gasteiger partial charge in [0.2, 0.25) is 88.6 Å². The number of carbonyl (C=O) groups excluding carboxylic acids is 15. The van der Waals surface area contributed by atoms with Crippen LogP contribution in [0.25, 0.3) is 0 Å². The van der Waals surface area contributed by atoms with Crippen molar-refractivity contribution in [3.05, 3.63) is 65.7 Å². The highest BCUT2D eigenvalue weighted by molar-refractivity contribution is 8.76. The number of nitrogens with zero attached hydrogens (tertiary/aromatic N) is 4. The minimum absolute atomic E-state index is 0.00839. The van der Waals surface area contributed by atoms with Crippen molar-refractivity contribution >= 4 is 122 Å². The number of aromatic hydroxyl groups is 1. The number of carbonyl (C=O) groups is 16. The van der Waals surface area contributed by atoms with E-state index < -0.39 is 235 Å². The van der Waals surface area contributed by atoms with Gasteiger partial charge in [-0.1, -0.05) is 105 Å². The maximum atomic E-state index is 15.4. The molecule has 5 heterocycles. The van der Waals surface area contributed by atoms with Crippen molar-refractivity contribution in [1.82, 2.24) is 73.2 Å². The average molecular weight is 1580 g/mol. The van der Waals surface area contributed by atoms with E-state index >= 15 is 19.2 Å². The fourth-order valence-corrected chi connectivity index (χ4v) is 15.7. The molecule has 0 aromatic heterocycles. The number of aliphatic hydroxyl groups is 1. The summed E-state index contributed by atoms with van der Waals surface area (Å²) in [6, 6.07) is -6.58. The zero-order chi connectivity index (χ0) is 80.5. The number of benzene rings is 2. The first-order valence-electron chi connectivity index (χ1n) is 36.9. The molecule has 110 heavy (non-hydrogen) atoms. The number of carboxylic acids is 1. The van der Waals surface area contributed by atoms with Gasteiger partial charge in [0.1, 0.15) is 84.3 Å². The van der Waals surface area contributed by atoms with Gasteiger partial charge in [0.15, 0.2) is 5.96 Å². The summed E-state index contributed by atoms with van der Waals surface area (Å²) >= 11 is 0. The molecule has 7 rings (SSSR count). The number of rotatable bonds is 18. The van der Waals surface area contributed by atoms with Gasteiger partial charge in [-0.05, 0) is 92.9 Å². The van der Waals surface area contributed by atoms with Crippen LogP contribution >= 0.6 is 21.6 Å². The minimum Gasteiger partial charge on any atom is -0.508 e. The van der Waals surface area contributed by atoms with Crippen LogP contribution in [0.15, 0.2) is 59.6 Å². The molecule has 2 bridgehead atoms. The number of phenolic OH excluding ortho intramolecular Hbond substituents is 1. The zero-order valence-corrected chi connectivity index (χ0v) is 63.5. The molecule has 0 radical (unpaired) electrons. The Morgan fingerprint density at radius 3 is 1.56 bits per heavy atom. The molecule has 602 valence electrons. The quantitative estimate of drug-likeness (QED) is 0.0289. The first-order valence-corrected chi connectivity index (χ1v) is 39.3. The van der Waals surface area contributed by atoms with Crippen LogP contribution in [0.5, 0.6) is 5.75 Å². The lowest BCUT2D eigenvalue weighted by molar-refractivity contribution is -0.149. The van der Waals surface area contributed by atoms with E-state index in [1.165, 1.54) is 39.0 Å². The average Bonchev–Trinajstić information content (AvgIpc) is 1.62. The molecule has 5 aliphatic heterocycles. The van der Waals surface area contributed by atoms with Crippen LogP contribution < -0.4 is 75.7 Å². The maximum Gasteiger partial charge on any atom is 0.305 e. The lowest BCUT2D eigenvalue weighted by atomic mass is 9.96. The summed E-state index contributed by atoms with van der Waals surface area (Å²) < 4.78 is 0. The third-order valence-corrected chi connectivity index (χ3v) is 22.4. The number of primary amides is 1. The van der Waals surface area contributed by atoms with Crippen molar-refractivity contribution in [2.75, 3.05) is 50.8 Å². The van der Waals surface area contributed by atoms with Gasteiger partial charge < -0.3 is 106 Å². The summed E-state index contributed by atoms with van der Waals surface area (Å²) in [4.78, 5) is 240. The van der Waals surface area contributed by atoms with Gasteiger partial charge in [-0.3, -0.25) is 81.7 Å². The Balaban J connectivity index is 1.37. The number of phenols is 1. The molecule has 37 nitrogen and oxygen atoms in total. The number of nitrogens with one attached hydrogen (secondary N) is 11. The molecule has 0 saturated carbocycles. The fraction of sp³-hybridized carbons (Fsp3) is 0.592. The number of carboxylic acid groups (broad SMARTS) is 1. The van der Waals surface area contributed by atoms with E-state index in [0.29, 0.717) is 30.4 Å². The minimum atomic E-state index is -1.87. The van der Waals surface area contributed by atoms with E-state index in [0.717, 1.165) is 21.6 Å². The van der Waals surface area contributed by atoms with Crippen molar-refractivity contribution in [3.8, 4) is 5.75 Å². The molecule has 20 N–H and O–H groups in total. The number of hydrogen-bond acceptors (Lipinski definition) is 21. The summed E-state index contributed by atoms with van der Waals surface area (Å²) in [5.74, 6) is -18.9. The van der Waals surface area contributed by atoms with Crippen molar-refractivity contribution in [3.63, 3.8) is 0 Å². The highest BCUT2D eigenvalue weighted by atomic mass is 33.1. The van der Waals surface area contributed by atoms with Gasteiger partial charge in [0.25, 0.3) is 0 Å². The first-order chi connectivity index (χ1) is 52.4. The fourth-order valence-electron chi connectivity index (χ4n) is 13.4. The van der Waals surface area contributed by atoms with Crippen LogP contribution in [0.3, 0.4) is 0 Å². The van der Waals surface area contributed by atoms with Crippen molar-refractivity contribution < 1.29 is 92.0 Å². The number of aliphatic carboxylic acids is 1. The standard InChI is InChI=1S/C71H102N18O19S2/c1-5-37(3)56-67(105)84-49-36-110-109-35-48(83-59(97)42(16-10-26-75-71(73)74)77-54(93)33-76-58(96)45(32-55(94)95)80-65(103)50-17-11-27-87(50)68(106)46(81-64(49)102)31-39-14-8-7-9-15-39)63(101)78-43(24-25-53(72)92)60(98)79-44(30-40-20-22-41(91)23-21-40)61(99)82-47(34-90)62(100)86-57(38(4)6-2)70(108)89-29-13-19-52(89)69(107)88-28-12-18-51(88)66(104)85-56/h7-9,14-15,20-23,37-38,42-52,56-57,90-91H,5-6,10-13,16-19,24-36H2,1-4H3,(H2,72,92)(H,76,96)(H,77,93)(H,78,101)(H,79,98)(H,80,103)(H,81,102)(H,82,99)(H,83,97)(H,84,105)(H,85,104)(H,86,100)(H,94,95)(H4,73,74,75)/t37-,38-,42-,43-,44-,45-,46-,47-,48-,49-,50-,51-,52-,56-,57-/m0/s1. The van der Waals surface area contributed by atoms with Gasteiger partial charge in [-0.25, -0.2) is 0 Å². The Hall–Kier alpha value is -10.3. The largest absolute Gasteiger partial charge is 0.508 e. The Morgan fingerprint density at radius 2 is 0.982 bits per heavy atom. The Morgan fingerprint density at radius 1 is 0.509 bits per heavy atom. The molecule has 15 atom stereocenters. The maximum absolute atomic E-state index is 15.4. The molecule has 39 heteroatoms. The van der Waals surface area contributed by atoms with Crippen LogP contribution in [0.2, 0.25) is 0 Å². The normalized spacial score (nSPS) is 27.4. The highest BCUT2D eigenvalue weighted by Gasteiger charge is 2.47. The van der Waals surface area contributed by atoms with Crippen LogP contribution in [-0.2, 0) is 89.6 Å². The predicted octanol–water partition coefficient (Wildman–Crippen LogP) is -4.60. The predicted molar refractivity (Wildman–Crippen MR) is 400 cm³/mol. The van der Waals surface area contributed by atoms with E-state index in [2.05, 4.69) is 63.5 Å². The number of nitrogens with two attached hydrogens (primary N) is 3. The molecule has 0 unspecified atom stereocenters. The number of guanidine groups is 1. The summed E-state index contributed by atoms with van der Waals surface area (Å²) in [5, 5.41) is 59.3. The lowest BCUT2D eigenvalue weighted by Gasteiger charge is -2.35. The Labute approximate surface area is 643 Å². The summed E-state index contributed by atoms with van der Waals surface area (Å²) in [6.45, 7) is 4.74. The van der Waals surface area contributed by atoms with Gasteiger partial charge in [0.05, 0.1) is 19.6 Å². The SMILES string of the molecule is CC[C@H](C)[C@@H]1NC(=O)[C@@H]2CCCN2C(=O)[C@@H]2CCCN2C(=O)[C@H]([C@@H](C)CC)NC(=O)[C@H](CO)NC(=O)[C@H](Cc2ccc(O)cc2)NC(=O)[C@H](CCC(N)=O)NC(=O)[C@@H]2CSSC[C@H](NC1=O)C(=O)N[C@@H](Cc1ccccc1)C(=O)N1CCC[C@H]1C(=O)N[C@@H](CC(=O)O)C(=O)NCC(=O)N[C@@H](CCCN=C(N)N)C(=O)N2. The van der Waals surface area contributed by atoms with Crippen LogP contribution in [-0.4, -0.2) is 260 Å². The zero-order valence-electron chi connectivity index (χ0n) is 61.8.